The number of halogens is 1. The van der Waals surface area contributed by atoms with E-state index in [0.29, 0.717) is 5.56 Å². The second kappa shape index (κ2) is 7.01. The molecule has 0 saturated carbocycles. The lowest BCUT2D eigenvalue weighted by Gasteiger charge is -2.34. The third-order valence-corrected chi connectivity index (χ3v) is 4.41. The van der Waals surface area contributed by atoms with Crippen LogP contribution in [0.1, 0.15) is 15.9 Å². The van der Waals surface area contributed by atoms with Crippen LogP contribution in [-0.2, 0) is 0 Å². The van der Waals surface area contributed by atoms with Crippen molar-refractivity contribution >= 4 is 17.3 Å². The van der Waals surface area contributed by atoms with E-state index in [-0.39, 0.29) is 5.91 Å². The highest BCUT2D eigenvalue weighted by atomic mass is 19.1. The van der Waals surface area contributed by atoms with Gasteiger partial charge < -0.3 is 15.1 Å². The van der Waals surface area contributed by atoms with E-state index in [2.05, 4.69) is 28.2 Å². The Balaban J connectivity index is 1.72. The van der Waals surface area contributed by atoms with Crippen molar-refractivity contribution < 1.29 is 9.18 Å². The largest absolute Gasteiger partial charge is 0.369 e. The lowest BCUT2D eigenvalue weighted by atomic mass is 10.1. The summed E-state index contributed by atoms with van der Waals surface area (Å²) in [5.41, 5.74) is 3.24. The number of hydrogen-bond acceptors (Lipinski definition) is 3. The van der Waals surface area contributed by atoms with Gasteiger partial charge in [-0.3, -0.25) is 4.79 Å². The number of rotatable bonds is 3. The number of benzene rings is 2. The smallest absolute Gasteiger partial charge is 0.255 e. The molecule has 0 unspecified atom stereocenters. The molecule has 0 aliphatic carbocycles. The van der Waals surface area contributed by atoms with Crippen LogP contribution < -0.4 is 10.2 Å². The van der Waals surface area contributed by atoms with E-state index >= 15 is 0 Å². The number of amides is 1. The summed E-state index contributed by atoms with van der Waals surface area (Å²) in [5.74, 6) is -0.713. The lowest BCUT2D eigenvalue weighted by molar-refractivity contribution is 0.102. The topological polar surface area (TPSA) is 35.6 Å². The number of piperazine rings is 1. The summed E-state index contributed by atoms with van der Waals surface area (Å²) in [6.07, 6.45) is 0. The van der Waals surface area contributed by atoms with Crippen LogP contribution >= 0.6 is 0 Å². The average molecular weight is 327 g/mol. The second-order valence-electron chi connectivity index (χ2n) is 6.25. The molecule has 3 rings (SSSR count). The first-order valence-electron chi connectivity index (χ1n) is 8.14. The molecule has 1 N–H and O–H groups in total. The molecule has 1 aliphatic heterocycles. The first-order valence-corrected chi connectivity index (χ1v) is 8.14. The van der Waals surface area contributed by atoms with E-state index in [0.717, 1.165) is 37.4 Å². The third kappa shape index (κ3) is 3.74. The van der Waals surface area contributed by atoms with Crippen molar-refractivity contribution in [2.45, 2.75) is 6.92 Å². The molecule has 1 heterocycles. The molecule has 1 amide bonds. The van der Waals surface area contributed by atoms with Gasteiger partial charge in [0.05, 0.1) is 0 Å². The summed E-state index contributed by atoms with van der Waals surface area (Å²) in [6.45, 7) is 6.09. The van der Waals surface area contributed by atoms with E-state index in [9.17, 15) is 9.18 Å². The van der Waals surface area contributed by atoms with E-state index in [1.807, 2.05) is 19.1 Å². The zero-order valence-corrected chi connectivity index (χ0v) is 14.1. The van der Waals surface area contributed by atoms with E-state index in [1.54, 1.807) is 6.07 Å². The Morgan fingerprint density at radius 3 is 2.50 bits per heavy atom. The maximum atomic E-state index is 13.2. The summed E-state index contributed by atoms with van der Waals surface area (Å²) in [5, 5.41) is 2.86. The number of carbonyl (C=O) groups is 1. The van der Waals surface area contributed by atoms with Crippen LogP contribution in [0, 0.1) is 12.7 Å². The van der Waals surface area contributed by atoms with Crippen molar-refractivity contribution in [3.8, 4) is 0 Å². The van der Waals surface area contributed by atoms with Crippen LogP contribution in [-0.4, -0.2) is 44.0 Å². The Morgan fingerprint density at radius 1 is 1.08 bits per heavy atom. The lowest BCUT2D eigenvalue weighted by Crippen LogP contribution is -2.44. The van der Waals surface area contributed by atoms with Gasteiger partial charge in [0.2, 0.25) is 0 Å². The minimum atomic E-state index is -0.412. The van der Waals surface area contributed by atoms with Crippen molar-refractivity contribution in [2.75, 3.05) is 43.4 Å². The van der Waals surface area contributed by atoms with Crippen LogP contribution in [0.2, 0.25) is 0 Å². The van der Waals surface area contributed by atoms with Crippen molar-refractivity contribution in [1.29, 1.82) is 0 Å². The predicted octanol–water partition coefficient (Wildman–Crippen LogP) is 3.14. The van der Waals surface area contributed by atoms with Crippen molar-refractivity contribution in [2.24, 2.45) is 0 Å². The molecule has 126 valence electrons. The fraction of sp³-hybridized carbons (Fsp3) is 0.316. The number of aryl methyl sites for hydroxylation is 1. The van der Waals surface area contributed by atoms with Crippen molar-refractivity contribution in [3.63, 3.8) is 0 Å². The molecule has 0 aromatic heterocycles. The number of nitrogens with one attached hydrogen (secondary N) is 1. The molecule has 1 saturated heterocycles. The Labute approximate surface area is 141 Å². The SMILES string of the molecule is Cc1cc(N2CCN(C)CC2)ccc1NC(=O)c1cccc(F)c1. The zero-order chi connectivity index (χ0) is 17.1. The molecule has 5 heteroatoms. The first-order chi connectivity index (χ1) is 11.5. The van der Waals surface area contributed by atoms with Crippen molar-refractivity contribution in [3.05, 3.63) is 59.4 Å². The van der Waals surface area contributed by atoms with Crippen molar-refractivity contribution in [1.82, 2.24) is 4.90 Å². The van der Waals surface area contributed by atoms with Crippen LogP contribution in [0.3, 0.4) is 0 Å². The van der Waals surface area contributed by atoms with E-state index in [4.69, 9.17) is 0 Å². The highest BCUT2D eigenvalue weighted by Crippen LogP contribution is 2.24. The number of likely N-dealkylation sites (N-methyl/N-ethyl adjacent to an activating group) is 1. The minimum Gasteiger partial charge on any atom is -0.369 e. The summed E-state index contributed by atoms with van der Waals surface area (Å²) in [6, 6.07) is 11.7. The van der Waals surface area contributed by atoms with Gasteiger partial charge in [-0.1, -0.05) is 6.07 Å². The fourth-order valence-corrected chi connectivity index (χ4v) is 2.87. The van der Waals surface area contributed by atoms with Gasteiger partial charge in [0.1, 0.15) is 5.82 Å². The molecule has 2 aromatic rings. The van der Waals surface area contributed by atoms with Crippen LogP contribution in [0.25, 0.3) is 0 Å². The standard InChI is InChI=1S/C19H22FN3O/c1-14-12-17(23-10-8-22(2)9-11-23)6-7-18(14)21-19(24)15-4-3-5-16(20)13-15/h3-7,12-13H,8-11H2,1-2H3,(H,21,24). The van der Waals surface area contributed by atoms with Crippen LogP contribution in [0.5, 0.6) is 0 Å². The van der Waals surface area contributed by atoms with Gasteiger partial charge in [-0.2, -0.15) is 0 Å². The first kappa shape index (κ1) is 16.5. The van der Waals surface area contributed by atoms with E-state index < -0.39 is 5.82 Å². The molecular weight excluding hydrogens is 305 g/mol. The molecule has 0 spiro atoms. The fourth-order valence-electron chi connectivity index (χ4n) is 2.87. The van der Waals surface area contributed by atoms with Crippen LogP contribution in [0.15, 0.2) is 42.5 Å². The quantitative estimate of drug-likeness (QED) is 0.941. The Hall–Kier alpha value is -2.40. The molecule has 4 nitrogen and oxygen atoms in total. The highest BCUT2D eigenvalue weighted by molar-refractivity contribution is 6.04. The van der Waals surface area contributed by atoms with Gasteiger partial charge in [-0.05, 0) is 55.9 Å². The summed E-state index contributed by atoms with van der Waals surface area (Å²) >= 11 is 0. The Morgan fingerprint density at radius 2 is 1.83 bits per heavy atom. The summed E-state index contributed by atoms with van der Waals surface area (Å²) in [4.78, 5) is 16.9. The summed E-state index contributed by atoms with van der Waals surface area (Å²) < 4.78 is 13.2. The molecule has 0 atom stereocenters. The maximum absolute atomic E-state index is 13.2. The van der Waals surface area contributed by atoms with Gasteiger partial charge in [0.25, 0.3) is 5.91 Å². The highest BCUT2D eigenvalue weighted by Gasteiger charge is 2.15. The van der Waals surface area contributed by atoms with Gasteiger partial charge >= 0.3 is 0 Å². The van der Waals surface area contributed by atoms with Gasteiger partial charge in [-0.15, -0.1) is 0 Å². The molecule has 1 fully saturated rings. The van der Waals surface area contributed by atoms with Crippen LogP contribution in [0.4, 0.5) is 15.8 Å². The number of nitrogens with zero attached hydrogens (tertiary/aromatic N) is 2. The normalized spacial score (nSPS) is 15.4. The number of hydrogen-bond donors (Lipinski definition) is 1. The maximum Gasteiger partial charge on any atom is 0.255 e. The van der Waals surface area contributed by atoms with Gasteiger partial charge in [0.15, 0.2) is 0 Å². The van der Waals surface area contributed by atoms with Gasteiger partial charge in [0, 0.05) is 43.1 Å². The zero-order valence-electron chi connectivity index (χ0n) is 14.1. The third-order valence-electron chi connectivity index (χ3n) is 4.41. The molecule has 0 bridgehead atoms. The second-order valence-corrected chi connectivity index (χ2v) is 6.25. The Kier molecular flexibility index (Phi) is 4.81. The monoisotopic (exact) mass is 327 g/mol. The number of anilines is 2. The molecular formula is C19H22FN3O. The number of carbonyl (C=O) groups excluding carboxylic acids is 1. The summed E-state index contributed by atoms with van der Waals surface area (Å²) in [7, 11) is 2.13. The molecule has 2 aromatic carbocycles. The average Bonchev–Trinajstić information content (AvgIpc) is 2.57. The van der Waals surface area contributed by atoms with Gasteiger partial charge in [-0.25, -0.2) is 4.39 Å². The predicted molar refractivity (Wildman–Crippen MR) is 95.2 cm³/mol. The van der Waals surface area contributed by atoms with E-state index in [1.165, 1.54) is 23.9 Å². The Bertz CT molecular complexity index is 739. The molecule has 24 heavy (non-hydrogen) atoms. The molecule has 0 radical (unpaired) electrons. The minimum absolute atomic E-state index is 0.301. The molecule has 1 aliphatic rings.